The van der Waals surface area contributed by atoms with Gasteiger partial charge in [0, 0.05) is 0 Å². The number of hydrogen-bond donors (Lipinski definition) is 0. The van der Waals surface area contributed by atoms with Crippen molar-refractivity contribution < 1.29 is 35.5 Å². The Bertz CT molecular complexity index is 742. The van der Waals surface area contributed by atoms with Gasteiger partial charge in [-0.1, -0.05) is 6.07 Å². The lowest BCUT2D eigenvalue weighted by Crippen LogP contribution is -2.45. The van der Waals surface area contributed by atoms with Crippen LogP contribution >= 0.6 is 0 Å². The molecular weight excluding hydrogens is 347 g/mol. The fourth-order valence-electron chi connectivity index (χ4n) is 1.79. The summed E-state index contributed by atoms with van der Waals surface area (Å²) in [5, 5.41) is 3.35. The number of hydrogen-bond acceptors (Lipinski definition) is 3. The van der Waals surface area contributed by atoms with Crippen LogP contribution in [-0.4, -0.2) is 33.2 Å². The summed E-state index contributed by atoms with van der Waals surface area (Å²) in [4.78, 5) is 3.35. The molecule has 1 atom stereocenters. The zero-order valence-corrected chi connectivity index (χ0v) is 12.2. The second-order valence-corrected chi connectivity index (χ2v) is 4.88. The van der Waals surface area contributed by atoms with Gasteiger partial charge in [0.15, 0.2) is 0 Å². The van der Waals surface area contributed by atoms with Crippen LogP contribution in [0.5, 0.6) is 6.01 Å². The highest BCUT2D eigenvalue weighted by Gasteiger charge is 2.59. The predicted molar refractivity (Wildman–Crippen MR) is 67.3 cm³/mol. The molecule has 2 rings (SSSR count). The van der Waals surface area contributed by atoms with E-state index in [0.29, 0.717) is 5.56 Å². The molecule has 1 heterocycles. The van der Waals surface area contributed by atoms with Gasteiger partial charge in [0.25, 0.3) is 6.17 Å². The Kier molecular flexibility index (Phi) is 4.46. The zero-order chi connectivity index (χ0) is 18.3. The Morgan fingerprint density at radius 3 is 2.29 bits per heavy atom. The predicted octanol–water partition coefficient (Wildman–Crippen LogP) is 3.90. The van der Waals surface area contributed by atoms with E-state index in [0.717, 1.165) is 10.7 Å². The number of halogens is 7. The Labute approximate surface area is 130 Å². The van der Waals surface area contributed by atoms with Gasteiger partial charge < -0.3 is 4.74 Å². The molecule has 24 heavy (non-hydrogen) atoms. The Morgan fingerprint density at radius 1 is 1.12 bits per heavy atom. The minimum absolute atomic E-state index is 0.147. The quantitative estimate of drug-likeness (QED) is 0.780. The molecule has 132 valence electrons. The van der Waals surface area contributed by atoms with Crippen LogP contribution in [-0.2, 0) is 0 Å². The van der Waals surface area contributed by atoms with E-state index in [1.165, 1.54) is 19.1 Å². The fourth-order valence-corrected chi connectivity index (χ4v) is 1.79. The van der Waals surface area contributed by atoms with Crippen molar-refractivity contribution in [2.45, 2.75) is 32.3 Å². The minimum atomic E-state index is -5.83. The van der Waals surface area contributed by atoms with Gasteiger partial charge in [-0.15, -0.1) is 5.10 Å². The molecule has 0 saturated carbocycles. The molecule has 1 aromatic heterocycles. The molecule has 0 fully saturated rings. The molecule has 0 aliphatic heterocycles. The first-order chi connectivity index (χ1) is 10.9. The number of nitrogens with zero attached hydrogens (tertiary/aromatic N) is 3. The summed E-state index contributed by atoms with van der Waals surface area (Å²) in [7, 11) is 0. The molecule has 0 aliphatic rings. The van der Waals surface area contributed by atoms with E-state index in [9.17, 15) is 30.7 Å². The highest BCUT2D eigenvalue weighted by atomic mass is 19.4. The first-order valence-electron chi connectivity index (χ1n) is 6.39. The SMILES string of the molecule is Cc1ccc(-n2nc(OC(F)(F)C(F)C(F)(F)F)nc2C)c(F)c1. The van der Waals surface area contributed by atoms with Gasteiger partial charge >= 0.3 is 18.3 Å². The largest absolute Gasteiger partial charge is 0.441 e. The second-order valence-electron chi connectivity index (χ2n) is 4.88. The van der Waals surface area contributed by atoms with Crippen LogP contribution in [0.15, 0.2) is 18.2 Å². The molecule has 0 saturated heterocycles. The van der Waals surface area contributed by atoms with Crippen molar-refractivity contribution in [2.75, 3.05) is 0 Å². The van der Waals surface area contributed by atoms with E-state index >= 15 is 0 Å². The topological polar surface area (TPSA) is 39.9 Å². The monoisotopic (exact) mass is 357 g/mol. The molecule has 0 bridgehead atoms. The van der Waals surface area contributed by atoms with E-state index in [-0.39, 0.29) is 11.5 Å². The van der Waals surface area contributed by atoms with Crippen LogP contribution in [0.2, 0.25) is 0 Å². The number of benzene rings is 1. The number of aryl methyl sites for hydroxylation is 2. The molecule has 0 N–H and O–H groups in total. The molecule has 1 aromatic carbocycles. The maximum Gasteiger partial charge on any atom is 0.441 e. The number of rotatable bonds is 4. The Balaban J connectivity index is 2.32. The third-order valence-corrected chi connectivity index (χ3v) is 2.89. The van der Waals surface area contributed by atoms with Crippen molar-refractivity contribution in [1.29, 1.82) is 0 Å². The standard InChI is InChI=1S/C13H10F7N3O/c1-6-3-4-9(8(14)5-6)23-7(2)21-11(22-23)24-13(19,20)10(15)12(16,17)18/h3-5,10H,1-2H3. The van der Waals surface area contributed by atoms with E-state index < -0.39 is 30.3 Å². The number of aromatic nitrogens is 3. The highest BCUT2D eigenvalue weighted by Crippen LogP contribution is 2.36. The zero-order valence-electron chi connectivity index (χ0n) is 12.2. The van der Waals surface area contributed by atoms with E-state index in [1.54, 1.807) is 6.92 Å². The summed E-state index contributed by atoms with van der Waals surface area (Å²) in [6.45, 7) is 2.84. The van der Waals surface area contributed by atoms with Gasteiger partial charge in [-0.05, 0) is 31.5 Å². The minimum Gasteiger partial charge on any atom is -0.395 e. The lowest BCUT2D eigenvalue weighted by molar-refractivity contribution is -0.306. The first kappa shape index (κ1) is 18.0. The van der Waals surface area contributed by atoms with Crippen molar-refractivity contribution in [2.24, 2.45) is 0 Å². The van der Waals surface area contributed by atoms with Crippen LogP contribution in [0.1, 0.15) is 11.4 Å². The van der Waals surface area contributed by atoms with Crippen LogP contribution < -0.4 is 4.74 Å². The van der Waals surface area contributed by atoms with Gasteiger partial charge in [0.05, 0.1) is 0 Å². The molecule has 4 nitrogen and oxygen atoms in total. The molecular formula is C13H10F7N3O. The smallest absolute Gasteiger partial charge is 0.395 e. The van der Waals surface area contributed by atoms with Crippen molar-refractivity contribution >= 4 is 0 Å². The van der Waals surface area contributed by atoms with Crippen LogP contribution in [0.4, 0.5) is 30.7 Å². The molecule has 1 unspecified atom stereocenters. The lowest BCUT2D eigenvalue weighted by Gasteiger charge is -2.21. The van der Waals surface area contributed by atoms with Crippen molar-refractivity contribution in [3.8, 4) is 11.7 Å². The van der Waals surface area contributed by atoms with Gasteiger partial charge in [-0.3, -0.25) is 0 Å². The van der Waals surface area contributed by atoms with E-state index in [4.69, 9.17) is 0 Å². The van der Waals surface area contributed by atoms with Crippen LogP contribution in [0, 0.1) is 19.7 Å². The summed E-state index contributed by atoms with van der Waals surface area (Å²) >= 11 is 0. The molecule has 0 spiro atoms. The fraction of sp³-hybridized carbons (Fsp3) is 0.385. The number of ether oxygens (including phenoxy) is 1. The molecule has 0 amide bonds. The third kappa shape index (κ3) is 3.60. The summed E-state index contributed by atoms with van der Waals surface area (Å²) in [6.07, 6.45) is -15.6. The summed E-state index contributed by atoms with van der Waals surface area (Å²) in [6, 6.07) is 2.68. The van der Waals surface area contributed by atoms with Gasteiger partial charge in [-0.2, -0.15) is 26.9 Å². The normalized spacial score (nSPS) is 13.9. The maximum atomic E-state index is 13.9. The average Bonchev–Trinajstić information content (AvgIpc) is 2.76. The first-order valence-corrected chi connectivity index (χ1v) is 6.39. The Hall–Kier alpha value is -2.33. The summed E-state index contributed by atoms with van der Waals surface area (Å²) < 4.78 is 93.6. The third-order valence-electron chi connectivity index (χ3n) is 2.89. The molecule has 2 aromatic rings. The maximum absolute atomic E-state index is 13.9. The van der Waals surface area contributed by atoms with Crippen LogP contribution in [0.3, 0.4) is 0 Å². The van der Waals surface area contributed by atoms with Crippen LogP contribution in [0.25, 0.3) is 5.69 Å². The number of alkyl halides is 6. The highest BCUT2D eigenvalue weighted by molar-refractivity contribution is 5.36. The van der Waals surface area contributed by atoms with Crippen molar-refractivity contribution in [3.05, 3.63) is 35.4 Å². The van der Waals surface area contributed by atoms with Gasteiger partial charge in [0.2, 0.25) is 0 Å². The Morgan fingerprint density at radius 2 is 1.75 bits per heavy atom. The molecule has 0 aliphatic carbocycles. The van der Waals surface area contributed by atoms with Gasteiger partial charge in [0.1, 0.15) is 17.3 Å². The van der Waals surface area contributed by atoms with E-state index in [1.807, 2.05) is 0 Å². The van der Waals surface area contributed by atoms with E-state index in [2.05, 4.69) is 14.8 Å². The average molecular weight is 357 g/mol. The van der Waals surface area contributed by atoms with Crippen molar-refractivity contribution in [3.63, 3.8) is 0 Å². The molecule has 11 heteroatoms. The van der Waals surface area contributed by atoms with Crippen molar-refractivity contribution in [1.82, 2.24) is 14.8 Å². The second kappa shape index (κ2) is 5.95. The lowest BCUT2D eigenvalue weighted by atomic mass is 10.2. The summed E-state index contributed by atoms with van der Waals surface area (Å²) in [5.74, 6) is -0.911. The van der Waals surface area contributed by atoms with Gasteiger partial charge in [-0.25, -0.2) is 13.5 Å². The molecule has 0 radical (unpaired) electrons. The summed E-state index contributed by atoms with van der Waals surface area (Å²) in [5.41, 5.74) is 0.388.